The molecule has 0 aliphatic carbocycles. The predicted octanol–water partition coefficient (Wildman–Crippen LogP) is 1.16. The van der Waals surface area contributed by atoms with Crippen LogP contribution in [0.2, 0.25) is 0 Å². The minimum atomic E-state index is 0. The number of hydrazine groups is 1. The molecule has 1 aromatic heterocycles. The number of nitrogens with zero attached hydrogens (tertiary/aromatic N) is 3. The maximum absolute atomic E-state index is 5.21. The second-order valence-electron chi connectivity index (χ2n) is 3.02. The summed E-state index contributed by atoms with van der Waals surface area (Å²) in [6.45, 7) is 2.10. The van der Waals surface area contributed by atoms with Crippen LogP contribution in [0.25, 0.3) is 0 Å². The van der Waals surface area contributed by atoms with Crippen LogP contribution in [0.5, 0.6) is 0 Å². The Balaban J connectivity index is 0.00000112. The smallest absolute Gasteiger partial charge is 0.162 e. The summed E-state index contributed by atoms with van der Waals surface area (Å²) in [5.41, 5.74) is 2.46. The molecule has 1 aliphatic rings. The van der Waals surface area contributed by atoms with E-state index in [1.54, 1.807) is 0 Å². The van der Waals surface area contributed by atoms with Crippen molar-refractivity contribution in [2.24, 2.45) is 5.84 Å². The summed E-state index contributed by atoms with van der Waals surface area (Å²) < 4.78 is 0. The van der Waals surface area contributed by atoms with Crippen molar-refractivity contribution in [2.75, 3.05) is 34.9 Å². The van der Waals surface area contributed by atoms with Crippen LogP contribution in [-0.4, -0.2) is 34.8 Å². The molecule has 2 heterocycles. The van der Waals surface area contributed by atoms with E-state index in [1.165, 1.54) is 11.5 Å². The van der Waals surface area contributed by atoms with Crippen molar-refractivity contribution in [3.8, 4) is 0 Å². The van der Waals surface area contributed by atoms with E-state index in [0.29, 0.717) is 5.82 Å². The summed E-state index contributed by atoms with van der Waals surface area (Å²) in [5, 5.41) is 8.04. The van der Waals surface area contributed by atoms with Gasteiger partial charge in [0.2, 0.25) is 0 Å². The average Bonchev–Trinajstić information content (AvgIpc) is 2.30. The Morgan fingerprint density at radius 2 is 1.88 bits per heavy atom. The van der Waals surface area contributed by atoms with E-state index >= 15 is 0 Å². The lowest BCUT2D eigenvalue weighted by Crippen LogP contribution is -2.33. The van der Waals surface area contributed by atoms with Crippen molar-refractivity contribution in [1.82, 2.24) is 10.2 Å². The first-order chi connectivity index (χ1) is 6.90. The van der Waals surface area contributed by atoms with Crippen molar-refractivity contribution >= 4 is 48.2 Å². The SMILES string of the molecule is Cl.Cl.NNc1ccc(N2CCSCC2)nn1. The number of rotatable bonds is 2. The number of thioether (sulfide) groups is 1. The molecular formula is C8H15Cl2N5S. The van der Waals surface area contributed by atoms with Crippen LogP contribution >= 0.6 is 36.6 Å². The van der Waals surface area contributed by atoms with Crippen LogP contribution in [0, 0.1) is 0 Å². The van der Waals surface area contributed by atoms with Crippen molar-refractivity contribution < 1.29 is 0 Å². The van der Waals surface area contributed by atoms with E-state index in [-0.39, 0.29) is 24.8 Å². The average molecular weight is 284 g/mol. The highest BCUT2D eigenvalue weighted by atomic mass is 35.5. The molecular weight excluding hydrogens is 269 g/mol. The van der Waals surface area contributed by atoms with Crippen LogP contribution in [0.1, 0.15) is 0 Å². The van der Waals surface area contributed by atoms with Gasteiger partial charge in [-0.05, 0) is 12.1 Å². The Morgan fingerprint density at radius 3 is 2.38 bits per heavy atom. The number of halogens is 2. The van der Waals surface area contributed by atoms with Crippen molar-refractivity contribution in [3.63, 3.8) is 0 Å². The van der Waals surface area contributed by atoms with Gasteiger partial charge in [0, 0.05) is 24.6 Å². The molecule has 1 aliphatic heterocycles. The van der Waals surface area contributed by atoms with Crippen LogP contribution < -0.4 is 16.2 Å². The van der Waals surface area contributed by atoms with Gasteiger partial charge in [0.15, 0.2) is 11.6 Å². The van der Waals surface area contributed by atoms with E-state index in [2.05, 4.69) is 20.5 Å². The quantitative estimate of drug-likeness (QED) is 0.627. The van der Waals surface area contributed by atoms with Crippen molar-refractivity contribution in [3.05, 3.63) is 12.1 Å². The molecule has 92 valence electrons. The van der Waals surface area contributed by atoms with Crippen LogP contribution in [0.3, 0.4) is 0 Å². The fraction of sp³-hybridized carbons (Fsp3) is 0.500. The zero-order chi connectivity index (χ0) is 9.80. The number of anilines is 2. The van der Waals surface area contributed by atoms with Gasteiger partial charge < -0.3 is 10.3 Å². The predicted molar refractivity (Wildman–Crippen MR) is 73.9 cm³/mol. The molecule has 0 unspecified atom stereocenters. The van der Waals surface area contributed by atoms with E-state index in [9.17, 15) is 0 Å². The van der Waals surface area contributed by atoms with Crippen LogP contribution in [0.4, 0.5) is 11.6 Å². The van der Waals surface area contributed by atoms with Gasteiger partial charge in [-0.15, -0.1) is 35.0 Å². The molecule has 1 aromatic rings. The number of hydrogen-bond donors (Lipinski definition) is 2. The molecule has 0 radical (unpaired) electrons. The fourth-order valence-corrected chi connectivity index (χ4v) is 2.27. The van der Waals surface area contributed by atoms with E-state index < -0.39 is 0 Å². The standard InChI is InChI=1S/C8H13N5S.2ClH/c9-10-7-1-2-8(12-11-7)13-3-5-14-6-4-13;;/h1-2H,3-6,9H2,(H,10,11);2*1H. The highest BCUT2D eigenvalue weighted by Gasteiger charge is 2.12. The second-order valence-corrected chi connectivity index (χ2v) is 4.25. The molecule has 0 atom stereocenters. The Morgan fingerprint density at radius 1 is 1.19 bits per heavy atom. The second kappa shape index (κ2) is 7.78. The third-order valence-electron chi connectivity index (χ3n) is 2.13. The first kappa shape index (κ1) is 15.6. The maximum Gasteiger partial charge on any atom is 0.162 e. The first-order valence-electron chi connectivity index (χ1n) is 4.53. The molecule has 0 bridgehead atoms. The Hall–Kier alpha value is -0.430. The molecule has 1 fully saturated rings. The third kappa shape index (κ3) is 3.86. The third-order valence-corrected chi connectivity index (χ3v) is 3.08. The summed E-state index contributed by atoms with van der Waals surface area (Å²) in [4.78, 5) is 2.24. The van der Waals surface area contributed by atoms with E-state index in [0.717, 1.165) is 18.9 Å². The highest BCUT2D eigenvalue weighted by molar-refractivity contribution is 7.99. The Kier molecular flexibility index (Phi) is 7.57. The Labute approximate surface area is 111 Å². The van der Waals surface area contributed by atoms with Crippen LogP contribution in [0.15, 0.2) is 12.1 Å². The summed E-state index contributed by atoms with van der Waals surface area (Å²) in [5.74, 6) is 9.07. The monoisotopic (exact) mass is 283 g/mol. The summed E-state index contributed by atoms with van der Waals surface area (Å²) in [7, 11) is 0. The molecule has 0 spiro atoms. The molecule has 2 rings (SSSR count). The van der Waals surface area contributed by atoms with Gasteiger partial charge in [-0.25, -0.2) is 5.84 Å². The Bertz CT molecular complexity index is 291. The number of aromatic nitrogens is 2. The molecule has 1 saturated heterocycles. The lowest BCUT2D eigenvalue weighted by molar-refractivity contribution is 0.819. The van der Waals surface area contributed by atoms with Crippen molar-refractivity contribution in [1.29, 1.82) is 0 Å². The lowest BCUT2D eigenvalue weighted by atomic mass is 10.4. The number of nitrogens with two attached hydrogens (primary N) is 1. The van der Waals surface area contributed by atoms with Gasteiger partial charge in [0.05, 0.1) is 0 Å². The van der Waals surface area contributed by atoms with Crippen LogP contribution in [-0.2, 0) is 0 Å². The molecule has 16 heavy (non-hydrogen) atoms. The van der Waals surface area contributed by atoms with Gasteiger partial charge in [-0.3, -0.25) is 0 Å². The lowest BCUT2D eigenvalue weighted by Gasteiger charge is -2.26. The maximum atomic E-state index is 5.21. The van der Waals surface area contributed by atoms with E-state index in [4.69, 9.17) is 5.84 Å². The van der Waals surface area contributed by atoms with Gasteiger partial charge in [0.1, 0.15) is 0 Å². The normalized spacial score (nSPS) is 14.7. The molecule has 3 N–H and O–H groups in total. The van der Waals surface area contributed by atoms with Crippen molar-refractivity contribution in [2.45, 2.75) is 0 Å². The molecule has 0 saturated carbocycles. The molecule has 0 amide bonds. The minimum Gasteiger partial charge on any atom is -0.353 e. The van der Waals surface area contributed by atoms with Gasteiger partial charge >= 0.3 is 0 Å². The zero-order valence-corrected chi connectivity index (χ0v) is 11.1. The molecule has 5 nitrogen and oxygen atoms in total. The summed E-state index contributed by atoms with van der Waals surface area (Å²) >= 11 is 1.98. The molecule has 8 heteroatoms. The minimum absolute atomic E-state index is 0. The van der Waals surface area contributed by atoms with E-state index in [1.807, 2.05) is 23.9 Å². The number of hydrogen-bond acceptors (Lipinski definition) is 6. The highest BCUT2D eigenvalue weighted by Crippen LogP contribution is 2.16. The largest absolute Gasteiger partial charge is 0.353 e. The van der Waals surface area contributed by atoms with Gasteiger partial charge in [0.25, 0.3) is 0 Å². The topological polar surface area (TPSA) is 67.1 Å². The van der Waals surface area contributed by atoms with Gasteiger partial charge in [-0.2, -0.15) is 11.8 Å². The summed E-state index contributed by atoms with van der Waals surface area (Å²) in [6.07, 6.45) is 0. The number of nitrogens with one attached hydrogen (secondary N) is 1. The van der Waals surface area contributed by atoms with Gasteiger partial charge in [-0.1, -0.05) is 0 Å². The fourth-order valence-electron chi connectivity index (χ4n) is 1.36. The zero-order valence-electron chi connectivity index (χ0n) is 8.63. The number of nitrogen functional groups attached to an aromatic ring is 1. The first-order valence-corrected chi connectivity index (χ1v) is 5.68. The molecule has 0 aromatic carbocycles. The summed E-state index contributed by atoms with van der Waals surface area (Å²) in [6, 6.07) is 3.78.